The van der Waals surface area contributed by atoms with Crippen LogP contribution in [0.4, 0.5) is 5.69 Å². The van der Waals surface area contributed by atoms with E-state index in [0.29, 0.717) is 25.1 Å². The molecule has 1 amide bonds. The number of amides is 1. The van der Waals surface area contributed by atoms with Gasteiger partial charge in [0.1, 0.15) is 5.69 Å². The second kappa shape index (κ2) is 5.48. The maximum atomic E-state index is 11.8. The lowest BCUT2D eigenvalue weighted by molar-refractivity contribution is -0.153. The highest BCUT2D eigenvalue weighted by Gasteiger charge is 2.44. The Kier molecular flexibility index (Phi) is 3.92. The zero-order valence-electron chi connectivity index (χ0n) is 11.7. The third-order valence-corrected chi connectivity index (χ3v) is 3.78. The molecule has 1 fully saturated rings. The molecule has 1 heterocycles. The Labute approximate surface area is 117 Å². The van der Waals surface area contributed by atoms with E-state index in [1.54, 1.807) is 32.4 Å². The SMILES string of the molecule is CN(C)C(=O)c1cc(NCC2(C(=O)O)CCC2)ccn1. The molecule has 0 bridgehead atoms. The molecule has 0 aromatic carbocycles. The van der Waals surface area contributed by atoms with Crippen LogP contribution in [0.15, 0.2) is 18.3 Å². The van der Waals surface area contributed by atoms with Crippen molar-refractivity contribution in [1.82, 2.24) is 9.88 Å². The molecule has 6 nitrogen and oxygen atoms in total. The van der Waals surface area contributed by atoms with E-state index in [1.807, 2.05) is 0 Å². The highest BCUT2D eigenvalue weighted by Crippen LogP contribution is 2.41. The lowest BCUT2D eigenvalue weighted by Crippen LogP contribution is -2.43. The van der Waals surface area contributed by atoms with Crippen LogP contribution in [-0.4, -0.2) is 47.5 Å². The quantitative estimate of drug-likeness (QED) is 0.851. The van der Waals surface area contributed by atoms with E-state index in [4.69, 9.17) is 0 Å². The van der Waals surface area contributed by atoms with Crippen LogP contribution in [0.2, 0.25) is 0 Å². The molecule has 2 N–H and O–H groups in total. The van der Waals surface area contributed by atoms with Crippen molar-refractivity contribution in [3.8, 4) is 0 Å². The Morgan fingerprint density at radius 2 is 2.15 bits per heavy atom. The number of nitrogens with zero attached hydrogens (tertiary/aromatic N) is 2. The van der Waals surface area contributed by atoms with Gasteiger partial charge in [-0.05, 0) is 25.0 Å². The number of anilines is 1. The predicted molar refractivity (Wildman–Crippen MR) is 74.7 cm³/mol. The number of nitrogens with one attached hydrogen (secondary N) is 1. The van der Waals surface area contributed by atoms with E-state index in [9.17, 15) is 14.7 Å². The maximum Gasteiger partial charge on any atom is 0.311 e. The van der Waals surface area contributed by atoms with E-state index in [-0.39, 0.29) is 5.91 Å². The summed E-state index contributed by atoms with van der Waals surface area (Å²) in [7, 11) is 3.33. The number of aromatic nitrogens is 1. The maximum absolute atomic E-state index is 11.8. The lowest BCUT2D eigenvalue weighted by Gasteiger charge is -2.37. The molecular formula is C14H19N3O3. The van der Waals surface area contributed by atoms with Gasteiger partial charge in [0.05, 0.1) is 5.41 Å². The number of rotatable bonds is 5. The van der Waals surface area contributed by atoms with Gasteiger partial charge in [0.2, 0.25) is 0 Å². The van der Waals surface area contributed by atoms with Crippen molar-refractivity contribution in [2.45, 2.75) is 19.3 Å². The summed E-state index contributed by atoms with van der Waals surface area (Å²) in [4.78, 5) is 28.6. The first-order valence-corrected chi connectivity index (χ1v) is 6.60. The van der Waals surface area contributed by atoms with Gasteiger partial charge in [-0.15, -0.1) is 0 Å². The zero-order valence-corrected chi connectivity index (χ0v) is 11.7. The smallest absolute Gasteiger partial charge is 0.311 e. The first kappa shape index (κ1) is 14.3. The minimum absolute atomic E-state index is 0.176. The number of carbonyl (C=O) groups excluding carboxylic acids is 1. The summed E-state index contributed by atoms with van der Waals surface area (Å²) in [5.74, 6) is -0.930. The second-order valence-electron chi connectivity index (χ2n) is 5.42. The summed E-state index contributed by atoms with van der Waals surface area (Å²) in [5, 5.41) is 12.4. The molecule has 1 aromatic heterocycles. The fourth-order valence-corrected chi connectivity index (χ4v) is 2.23. The van der Waals surface area contributed by atoms with Gasteiger partial charge in [-0.3, -0.25) is 14.6 Å². The van der Waals surface area contributed by atoms with E-state index < -0.39 is 11.4 Å². The molecule has 1 aliphatic rings. The highest BCUT2D eigenvalue weighted by molar-refractivity contribution is 5.92. The number of hydrogen-bond acceptors (Lipinski definition) is 4. The average Bonchev–Trinajstić information content (AvgIpc) is 2.36. The van der Waals surface area contributed by atoms with Crippen LogP contribution in [0.5, 0.6) is 0 Å². The average molecular weight is 277 g/mol. The Bertz CT molecular complexity index is 524. The standard InChI is InChI=1S/C14H19N3O3/c1-17(2)12(18)11-8-10(4-7-15-11)16-9-14(13(19)20)5-3-6-14/h4,7-8H,3,5-6,9H2,1-2H3,(H,15,16)(H,19,20). The summed E-state index contributed by atoms with van der Waals surface area (Å²) in [5.41, 5.74) is 0.408. The largest absolute Gasteiger partial charge is 0.481 e. The van der Waals surface area contributed by atoms with Gasteiger partial charge < -0.3 is 15.3 Å². The number of carboxylic acid groups (broad SMARTS) is 1. The molecule has 0 saturated heterocycles. The van der Waals surface area contributed by atoms with E-state index >= 15 is 0 Å². The Balaban J connectivity index is 2.05. The minimum Gasteiger partial charge on any atom is -0.481 e. The fourth-order valence-electron chi connectivity index (χ4n) is 2.23. The van der Waals surface area contributed by atoms with Gasteiger partial charge in [-0.2, -0.15) is 0 Å². The summed E-state index contributed by atoms with van der Waals surface area (Å²) in [6, 6.07) is 3.39. The molecule has 0 unspecified atom stereocenters. The fraction of sp³-hybridized carbons (Fsp3) is 0.500. The first-order chi connectivity index (χ1) is 9.44. The van der Waals surface area contributed by atoms with Crippen LogP contribution in [0, 0.1) is 5.41 Å². The summed E-state index contributed by atoms with van der Waals surface area (Å²) >= 11 is 0. The van der Waals surface area contributed by atoms with Crippen molar-refractivity contribution in [1.29, 1.82) is 0 Å². The molecule has 1 aliphatic carbocycles. The third-order valence-electron chi connectivity index (χ3n) is 3.78. The van der Waals surface area contributed by atoms with Gasteiger partial charge >= 0.3 is 5.97 Å². The van der Waals surface area contributed by atoms with E-state index in [2.05, 4.69) is 10.3 Å². The molecule has 20 heavy (non-hydrogen) atoms. The Morgan fingerprint density at radius 1 is 1.45 bits per heavy atom. The topological polar surface area (TPSA) is 82.5 Å². The van der Waals surface area contributed by atoms with Crippen LogP contribution in [0.1, 0.15) is 29.8 Å². The normalized spacial score (nSPS) is 16.1. The van der Waals surface area contributed by atoms with Crippen molar-refractivity contribution >= 4 is 17.6 Å². The molecule has 2 rings (SSSR count). The van der Waals surface area contributed by atoms with Crippen LogP contribution in [0.3, 0.4) is 0 Å². The van der Waals surface area contributed by atoms with Gasteiger partial charge in [-0.1, -0.05) is 6.42 Å². The van der Waals surface area contributed by atoms with Crippen LogP contribution in [0.25, 0.3) is 0 Å². The number of carbonyl (C=O) groups is 2. The molecule has 1 saturated carbocycles. The summed E-state index contributed by atoms with van der Waals surface area (Å²) in [6.45, 7) is 0.377. The van der Waals surface area contributed by atoms with E-state index in [0.717, 1.165) is 12.1 Å². The number of hydrogen-bond donors (Lipinski definition) is 2. The van der Waals surface area contributed by atoms with Gasteiger partial charge in [-0.25, -0.2) is 0 Å². The van der Waals surface area contributed by atoms with Crippen LogP contribution < -0.4 is 5.32 Å². The molecule has 0 aliphatic heterocycles. The molecule has 0 spiro atoms. The van der Waals surface area contributed by atoms with Gasteiger partial charge in [0.15, 0.2) is 0 Å². The molecule has 1 aromatic rings. The second-order valence-corrected chi connectivity index (χ2v) is 5.42. The Morgan fingerprint density at radius 3 is 2.65 bits per heavy atom. The van der Waals surface area contributed by atoms with E-state index in [1.165, 1.54) is 4.90 Å². The molecule has 6 heteroatoms. The lowest BCUT2D eigenvalue weighted by atomic mass is 9.69. The van der Waals surface area contributed by atoms with Crippen molar-refractivity contribution in [3.63, 3.8) is 0 Å². The minimum atomic E-state index is -0.755. The molecular weight excluding hydrogens is 258 g/mol. The number of pyridine rings is 1. The van der Waals surface area contributed by atoms with Crippen molar-refractivity contribution in [2.75, 3.05) is 26.0 Å². The first-order valence-electron chi connectivity index (χ1n) is 6.60. The van der Waals surface area contributed by atoms with Crippen LogP contribution >= 0.6 is 0 Å². The van der Waals surface area contributed by atoms with Crippen molar-refractivity contribution < 1.29 is 14.7 Å². The third kappa shape index (κ3) is 2.74. The molecule has 108 valence electrons. The van der Waals surface area contributed by atoms with Gasteiger partial charge in [0, 0.05) is 32.5 Å². The molecule has 0 atom stereocenters. The monoisotopic (exact) mass is 277 g/mol. The predicted octanol–water partition coefficient (Wildman–Crippen LogP) is 1.45. The van der Waals surface area contributed by atoms with Crippen molar-refractivity contribution in [2.24, 2.45) is 5.41 Å². The summed E-state index contributed by atoms with van der Waals surface area (Å²) < 4.78 is 0. The Hall–Kier alpha value is -2.11. The van der Waals surface area contributed by atoms with Crippen LogP contribution in [-0.2, 0) is 4.79 Å². The number of carboxylic acids is 1. The number of aliphatic carboxylic acids is 1. The zero-order chi connectivity index (χ0) is 14.8. The highest BCUT2D eigenvalue weighted by atomic mass is 16.4. The van der Waals surface area contributed by atoms with Gasteiger partial charge in [0.25, 0.3) is 5.91 Å². The summed E-state index contributed by atoms with van der Waals surface area (Å²) in [6.07, 6.45) is 3.90. The van der Waals surface area contributed by atoms with Crippen molar-refractivity contribution in [3.05, 3.63) is 24.0 Å². The molecule has 0 radical (unpaired) electrons.